The summed E-state index contributed by atoms with van der Waals surface area (Å²) in [5, 5.41) is 9.58. The van der Waals surface area contributed by atoms with E-state index in [2.05, 4.69) is 11.1 Å². The van der Waals surface area contributed by atoms with Gasteiger partial charge in [-0.1, -0.05) is 0 Å². The van der Waals surface area contributed by atoms with Gasteiger partial charge in [0, 0.05) is 36.9 Å². The number of aromatic nitrogens is 2. The van der Waals surface area contributed by atoms with Crippen molar-refractivity contribution in [1.82, 2.24) is 9.97 Å². The molecule has 0 aromatic carbocycles. The van der Waals surface area contributed by atoms with Crippen molar-refractivity contribution in [2.45, 2.75) is 56.5 Å². The van der Waals surface area contributed by atoms with E-state index in [-0.39, 0.29) is 6.10 Å². The van der Waals surface area contributed by atoms with E-state index in [9.17, 15) is 5.11 Å². The maximum atomic E-state index is 9.58. The van der Waals surface area contributed by atoms with Crippen LogP contribution in [0.2, 0.25) is 0 Å². The number of aliphatic hydroxyl groups excluding tert-OH is 1. The lowest BCUT2D eigenvalue weighted by molar-refractivity contribution is 0.0843. The molecule has 2 aliphatic rings. The number of aliphatic hydroxyl groups is 1. The standard InChI is InChI=1S/C15H22N2O2/c18-13-3-1-12(2-4-13)15-16-8-5-14(17-15)11-6-9-19-10-7-11/h5,8,11-13,18H,1-4,6-7,9-10H2. The van der Waals surface area contributed by atoms with Crippen LogP contribution in [0.15, 0.2) is 12.3 Å². The van der Waals surface area contributed by atoms with Gasteiger partial charge in [0.15, 0.2) is 0 Å². The third-order valence-electron chi connectivity index (χ3n) is 4.40. The maximum Gasteiger partial charge on any atom is 0.131 e. The smallest absolute Gasteiger partial charge is 0.131 e. The van der Waals surface area contributed by atoms with Crippen LogP contribution in [0.25, 0.3) is 0 Å². The van der Waals surface area contributed by atoms with Crippen molar-refractivity contribution in [3.05, 3.63) is 23.8 Å². The Balaban J connectivity index is 1.72. The molecule has 0 spiro atoms. The minimum Gasteiger partial charge on any atom is -0.393 e. The van der Waals surface area contributed by atoms with Crippen molar-refractivity contribution >= 4 is 0 Å². The van der Waals surface area contributed by atoms with E-state index in [1.54, 1.807) is 0 Å². The molecule has 4 nitrogen and oxygen atoms in total. The molecule has 19 heavy (non-hydrogen) atoms. The van der Waals surface area contributed by atoms with Crippen molar-refractivity contribution in [3.63, 3.8) is 0 Å². The van der Waals surface area contributed by atoms with Gasteiger partial charge < -0.3 is 9.84 Å². The molecule has 1 aromatic heterocycles. The van der Waals surface area contributed by atoms with Crippen LogP contribution < -0.4 is 0 Å². The molecule has 0 unspecified atom stereocenters. The van der Waals surface area contributed by atoms with Crippen LogP contribution in [0.5, 0.6) is 0 Å². The van der Waals surface area contributed by atoms with E-state index < -0.39 is 0 Å². The largest absolute Gasteiger partial charge is 0.393 e. The van der Waals surface area contributed by atoms with Crippen LogP contribution in [0, 0.1) is 0 Å². The van der Waals surface area contributed by atoms with Crippen LogP contribution in [0.1, 0.15) is 61.9 Å². The number of hydrogen-bond acceptors (Lipinski definition) is 4. The quantitative estimate of drug-likeness (QED) is 0.889. The first-order chi connectivity index (χ1) is 9.33. The molecule has 1 saturated carbocycles. The molecule has 1 aliphatic carbocycles. The van der Waals surface area contributed by atoms with E-state index in [0.717, 1.165) is 57.6 Å². The summed E-state index contributed by atoms with van der Waals surface area (Å²) in [7, 11) is 0. The molecule has 1 N–H and O–H groups in total. The Bertz CT molecular complexity index is 410. The molecular formula is C15H22N2O2. The van der Waals surface area contributed by atoms with E-state index in [0.29, 0.717) is 11.8 Å². The summed E-state index contributed by atoms with van der Waals surface area (Å²) in [5.74, 6) is 1.95. The van der Waals surface area contributed by atoms with E-state index >= 15 is 0 Å². The summed E-state index contributed by atoms with van der Waals surface area (Å²) in [6.07, 6.45) is 7.72. The topological polar surface area (TPSA) is 55.2 Å². The summed E-state index contributed by atoms with van der Waals surface area (Å²) in [5.41, 5.74) is 1.18. The summed E-state index contributed by atoms with van der Waals surface area (Å²) in [6, 6.07) is 2.05. The second kappa shape index (κ2) is 5.97. The Hall–Kier alpha value is -1.00. The normalized spacial score (nSPS) is 29.3. The Kier molecular flexibility index (Phi) is 4.09. The van der Waals surface area contributed by atoms with Crippen molar-refractivity contribution < 1.29 is 9.84 Å². The molecule has 0 radical (unpaired) electrons. The van der Waals surface area contributed by atoms with E-state index in [1.165, 1.54) is 5.69 Å². The summed E-state index contributed by atoms with van der Waals surface area (Å²) < 4.78 is 5.41. The molecule has 2 fully saturated rings. The number of hydrogen-bond donors (Lipinski definition) is 1. The van der Waals surface area contributed by atoms with Gasteiger partial charge in [-0.25, -0.2) is 9.97 Å². The zero-order chi connectivity index (χ0) is 13.1. The second-order valence-electron chi connectivity index (χ2n) is 5.73. The number of ether oxygens (including phenoxy) is 1. The van der Waals surface area contributed by atoms with Crippen LogP contribution in [-0.2, 0) is 4.74 Å². The van der Waals surface area contributed by atoms with E-state index in [4.69, 9.17) is 9.72 Å². The molecule has 104 valence electrons. The van der Waals surface area contributed by atoms with Crippen molar-refractivity contribution in [2.75, 3.05) is 13.2 Å². The first kappa shape index (κ1) is 13.0. The lowest BCUT2D eigenvalue weighted by Gasteiger charge is -2.26. The van der Waals surface area contributed by atoms with Gasteiger partial charge in [-0.3, -0.25) is 0 Å². The Labute approximate surface area is 114 Å². The van der Waals surface area contributed by atoms with Crippen molar-refractivity contribution in [2.24, 2.45) is 0 Å². The average molecular weight is 262 g/mol. The third-order valence-corrected chi connectivity index (χ3v) is 4.40. The number of rotatable bonds is 2. The highest BCUT2D eigenvalue weighted by atomic mass is 16.5. The Morgan fingerprint density at radius 2 is 1.74 bits per heavy atom. The van der Waals surface area contributed by atoms with Crippen LogP contribution >= 0.6 is 0 Å². The van der Waals surface area contributed by atoms with Crippen molar-refractivity contribution in [3.8, 4) is 0 Å². The van der Waals surface area contributed by atoms with Gasteiger partial charge in [0.05, 0.1) is 6.10 Å². The molecule has 1 aliphatic heterocycles. The number of nitrogens with zero attached hydrogens (tertiary/aromatic N) is 2. The fourth-order valence-corrected chi connectivity index (χ4v) is 3.14. The van der Waals surface area contributed by atoms with Gasteiger partial charge >= 0.3 is 0 Å². The van der Waals surface area contributed by atoms with Gasteiger partial charge in [0.2, 0.25) is 0 Å². The van der Waals surface area contributed by atoms with Gasteiger partial charge in [-0.2, -0.15) is 0 Å². The SMILES string of the molecule is OC1CCC(c2nccc(C3CCOCC3)n2)CC1. The summed E-state index contributed by atoms with van der Waals surface area (Å²) in [4.78, 5) is 9.26. The fourth-order valence-electron chi connectivity index (χ4n) is 3.14. The van der Waals surface area contributed by atoms with E-state index in [1.807, 2.05) is 6.20 Å². The lowest BCUT2D eigenvalue weighted by atomic mass is 9.86. The lowest BCUT2D eigenvalue weighted by Crippen LogP contribution is -2.20. The van der Waals surface area contributed by atoms with Gasteiger partial charge in [-0.15, -0.1) is 0 Å². The minimum absolute atomic E-state index is 0.116. The molecule has 0 atom stereocenters. The predicted molar refractivity (Wildman–Crippen MR) is 72.0 cm³/mol. The third kappa shape index (κ3) is 3.12. The molecule has 2 heterocycles. The minimum atomic E-state index is -0.116. The fraction of sp³-hybridized carbons (Fsp3) is 0.733. The van der Waals surface area contributed by atoms with Crippen LogP contribution in [0.3, 0.4) is 0 Å². The average Bonchev–Trinajstić information content (AvgIpc) is 2.49. The summed E-state index contributed by atoms with van der Waals surface area (Å²) in [6.45, 7) is 1.69. The monoisotopic (exact) mass is 262 g/mol. The molecule has 0 amide bonds. The maximum absolute atomic E-state index is 9.58. The molecule has 1 saturated heterocycles. The second-order valence-corrected chi connectivity index (χ2v) is 5.73. The first-order valence-electron chi connectivity index (χ1n) is 7.41. The highest BCUT2D eigenvalue weighted by Gasteiger charge is 2.24. The zero-order valence-corrected chi connectivity index (χ0v) is 11.3. The first-order valence-corrected chi connectivity index (χ1v) is 7.41. The highest BCUT2D eigenvalue weighted by Crippen LogP contribution is 2.32. The molecular weight excluding hydrogens is 240 g/mol. The molecule has 1 aromatic rings. The Morgan fingerprint density at radius 3 is 2.47 bits per heavy atom. The van der Waals surface area contributed by atoms with Gasteiger partial charge in [0.25, 0.3) is 0 Å². The van der Waals surface area contributed by atoms with Gasteiger partial charge in [0.1, 0.15) is 5.82 Å². The molecule has 3 rings (SSSR count). The van der Waals surface area contributed by atoms with Gasteiger partial charge in [-0.05, 0) is 44.6 Å². The van der Waals surface area contributed by atoms with Crippen LogP contribution in [-0.4, -0.2) is 34.4 Å². The molecule has 0 bridgehead atoms. The van der Waals surface area contributed by atoms with Crippen molar-refractivity contribution in [1.29, 1.82) is 0 Å². The summed E-state index contributed by atoms with van der Waals surface area (Å²) >= 11 is 0. The van der Waals surface area contributed by atoms with Crippen LogP contribution in [0.4, 0.5) is 0 Å². The predicted octanol–water partition coefficient (Wildman–Crippen LogP) is 2.39. The zero-order valence-electron chi connectivity index (χ0n) is 11.3. The molecule has 4 heteroatoms. The Morgan fingerprint density at radius 1 is 1.00 bits per heavy atom. The highest BCUT2D eigenvalue weighted by molar-refractivity contribution is 5.11.